The van der Waals surface area contributed by atoms with Crippen LogP contribution in [0, 0.1) is 0 Å². The van der Waals surface area contributed by atoms with Crippen LogP contribution in [0.3, 0.4) is 0 Å². The summed E-state index contributed by atoms with van der Waals surface area (Å²) in [6, 6.07) is 14.7. The van der Waals surface area contributed by atoms with Gasteiger partial charge in [0.25, 0.3) is 5.91 Å². The van der Waals surface area contributed by atoms with Gasteiger partial charge in [-0.15, -0.1) is 11.3 Å². The van der Waals surface area contributed by atoms with Crippen molar-refractivity contribution >= 4 is 40.4 Å². The Morgan fingerprint density at radius 2 is 1.81 bits per heavy atom. The lowest BCUT2D eigenvalue weighted by Gasteiger charge is -2.09. The van der Waals surface area contributed by atoms with Crippen LogP contribution in [0.2, 0.25) is 10.0 Å². The predicted molar refractivity (Wildman–Crippen MR) is 109 cm³/mol. The fraction of sp³-hybridized carbons (Fsp3) is 0.200. The zero-order valence-corrected chi connectivity index (χ0v) is 16.8. The SMILES string of the molecule is CCc1sc(=NC(=O)c2ccccc2)n(CC)c1-c1ccc(Cl)c(Cl)c1. The summed E-state index contributed by atoms with van der Waals surface area (Å²) >= 11 is 13.8. The number of nitrogens with zero attached hydrogens (tertiary/aromatic N) is 2. The Hall–Kier alpha value is -1.88. The second kappa shape index (κ2) is 8.21. The van der Waals surface area contributed by atoms with Crippen molar-refractivity contribution in [3.05, 3.63) is 73.8 Å². The van der Waals surface area contributed by atoms with Gasteiger partial charge in [-0.2, -0.15) is 4.99 Å². The highest BCUT2D eigenvalue weighted by atomic mass is 35.5. The van der Waals surface area contributed by atoms with Crippen LogP contribution < -0.4 is 4.80 Å². The maximum atomic E-state index is 12.5. The molecule has 0 radical (unpaired) electrons. The van der Waals surface area contributed by atoms with Crippen LogP contribution in [-0.4, -0.2) is 10.5 Å². The Bertz CT molecular complexity index is 1010. The van der Waals surface area contributed by atoms with Gasteiger partial charge in [0.05, 0.1) is 15.7 Å². The standard InChI is InChI=1S/C20H18Cl2N2OS/c1-3-17-18(14-10-11-15(21)16(22)12-14)24(4-2)20(26-17)23-19(25)13-8-6-5-7-9-13/h5-12H,3-4H2,1-2H3. The zero-order valence-electron chi connectivity index (χ0n) is 14.5. The minimum Gasteiger partial charge on any atom is -0.316 e. The molecule has 0 fully saturated rings. The number of carbonyl (C=O) groups excluding carboxylic acids is 1. The van der Waals surface area contributed by atoms with E-state index in [9.17, 15) is 4.79 Å². The van der Waals surface area contributed by atoms with Gasteiger partial charge >= 0.3 is 0 Å². The third-order valence-corrected chi connectivity index (χ3v) is 5.99. The van der Waals surface area contributed by atoms with E-state index in [0.29, 0.717) is 27.0 Å². The number of aryl methyl sites for hydroxylation is 1. The third kappa shape index (κ3) is 3.78. The average molecular weight is 405 g/mol. The van der Waals surface area contributed by atoms with Gasteiger partial charge in [-0.3, -0.25) is 4.79 Å². The number of hydrogen-bond donors (Lipinski definition) is 0. The summed E-state index contributed by atoms with van der Waals surface area (Å²) in [4.78, 5) is 18.7. The van der Waals surface area contributed by atoms with E-state index >= 15 is 0 Å². The molecular formula is C20H18Cl2N2OS. The summed E-state index contributed by atoms with van der Waals surface area (Å²) in [5.74, 6) is -0.239. The molecule has 0 aliphatic heterocycles. The molecule has 0 atom stereocenters. The maximum Gasteiger partial charge on any atom is 0.279 e. The van der Waals surface area contributed by atoms with Crippen LogP contribution in [0.15, 0.2) is 53.5 Å². The second-order valence-corrected chi connectivity index (χ2v) is 7.54. The summed E-state index contributed by atoms with van der Waals surface area (Å²) in [6.45, 7) is 4.84. The molecule has 2 aromatic carbocycles. The van der Waals surface area contributed by atoms with E-state index in [1.165, 1.54) is 11.3 Å². The van der Waals surface area contributed by atoms with Gasteiger partial charge in [-0.05, 0) is 37.6 Å². The van der Waals surface area contributed by atoms with Crippen LogP contribution in [0.4, 0.5) is 0 Å². The molecule has 0 bridgehead atoms. The van der Waals surface area contributed by atoms with Gasteiger partial charge in [-0.25, -0.2) is 0 Å². The smallest absolute Gasteiger partial charge is 0.279 e. The summed E-state index contributed by atoms with van der Waals surface area (Å²) in [6.07, 6.45) is 0.843. The van der Waals surface area contributed by atoms with Crippen molar-refractivity contribution in [3.8, 4) is 11.3 Å². The molecule has 3 rings (SSSR count). The van der Waals surface area contributed by atoms with Crippen LogP contribution >= 0.6 is 34.5 Å². The highest BCUT2D eigenvalue weighted by Gasteiger charge is 2.15. The Kier molecular flexibility index (Phi) is 5.97. The van der Waals surface area contributed by atoms with Crippen molar-refractivity contribution in [2.24, 2.45) is 4.99 Å². The fourth-order valence-electron chi connectivity index (χ4n) is 2.77. The first-order chi connectivity index (χ1) is 12.5. The molecule has 0 N–H and O–H groups in total. The summed E-state index contributed by atoms with van der Waals surface area (Å²) in [5.41, 5.74) is 2.60. The van der Waals surface area contributed by atoms with Gasteiger partial charge < -0.3 is 4.57 Å². The normalized spacial score (nSPS) is 11.8. The summed E-state index contributed by atoms with van der Waals surface area (Å²) < 4.78 is 2.06. The van der Waals surface area contributed by atoms with Gasteiger partial charge in [0.1, 0.15) is 0 Å². The van der Waals surface area contributed by atoms with Crippen molar-refractivity contribution in [1.82, 2.24) is 4.57 Å². The number of amides is 1. The third-order valence-electron chi connectivity index (χ3n) is 4.03. The minimum atomic E-state index is -0.239. The van der Waals surface area contributed by atoms with Gasteiger partial charge in [-0.1, -0.05) is 54.4 Å². The molecule has 0 aliphatic rings. The average Bonchev–Trinajstić information content (AvgIpc) is 3.02. The fourth-order valence-corrected chi connectivity index (χ4v) is 4.22. The summed E-state index contributed by atoms with van der Waals surface area (Å²) in [5, 5.41) is 1.04. The lowest BCUT2D eigenvalue weighted by atomic mass is 10.1. The number of halogens is 2. The van der Waals surface area contributed by atoms with Crippen molar-refractivity contribution in [1.29, 1.82) is 0 Å². The lowest BCUT2D eigenvalue weighted by Crippen LogP contribution is -2.17. The number of aromatic nitrogens is 1. The first-order valence-electron chi connectivity index (χ1n) is 8.37. The number of carbonyl (C=O) groups is 1. The van der Waals surface area contributed by atoms with E-state index in [1.54, 1.807) is 18.2 Å². The van der Waals surface area contributed by atoms with Gasteiger partial charge in [0, 0.05) is 22.5 Å². The molecule has 3 nitrogen and oxygen atoms in total. The van der Waals surface area contributed by atoms with E-state index in [2.05, 4.69) is 16.5 Å². The molecule has 1 amide bonds. The molecular weight excluding hydrogens is 387 g/mol. The first-order valence-corrected chi connectivity index (χ1v) is 9.94. The monoisotopic (exact) mass is 404 g/mol. The van der Waals surface area contributed by atoms with Crippen LogP contribution in [-0.2, 0) is 13.0 Å². The molecule has 1 aromatic heterocycles. The highest BCUT2D eigenvalue weighted by molar-refractivity contribution is 7.09. The van der Waals surface area contributed by atoms with Crippen LogP contribution in [0.25, 0.3) is 11.3 Å². The number of thiazole rings is 1. The highest BCUT2D eigenvalue weighted by Crippen LogP contribution is 2.31. The number of hydrogen-bond acceptors (Lipinski definition) is 2. The molecule has 0 saturated carbocycles. The number of rotatable bonds is 4. The molecule has 26 heavy (non-hydrogen) atoms. The molecule has 134 valence electrons. The molecule has 1 heterocycles. The molecule has 0 unspecified atom stereocenters. The molecule has 0 spiro atoms. The van der Waals surface area contributed by atoms with E-state index in [4.69, 9.17) is 23.2 Å². The quantitative estimate of drug-likeness (QED) is 0.536. The minimum absolute atomic E-state index is 0.239. The van der Waals surface area contributed by atoms with Crippen molar-refractivity contribution in [2.75, 3.05) is 0 Å². The van der Waals surface area contributed by atoms with E-state index in [-0.39, 0.29) is 5.91 Å². The lowest BCUT2D eigenvalue weighted by molar-refractivity contribution is 0.0998. The Morgan fingerprint density at radius 3 is 2.42 bits per heavy atom. The Morgan fingerprint density at radius 1 is 1.08 bits per heavy atom. The molecule has 0 saturated heterocycles. The first kappa shape index (κ1) is 18.9. The molecule has 3 aromatic rings. The largest absolute Gasteiger partial charge is 0.316 e. The Labute approximate surface area is 166 Å². The van der Waals surface area contributed by atoms with Gasteiger partial charge in [0.2, 0.25) is 0 Å². The van der Waals surface area contributed by atoms with E-state index < -0.39 is 0 Å². The topological polar surface area (TPSA) is 34.4 Å². The van der Waals surface area contributed by atoms with Crippen LogP contribution in [0.1, 0.15) is 29.1 Å². The van der Waals surface area contributed by atoms with E-state index in [1.807, 2.05) is 37.3 Å². The molecule has 6 heteroatoms. The second-order valence-electron chi connectivity index (χ2n) is 5.67. The summed E-state index contributed by atoms with van der Waals surface area (Å²) in [7, 11) is 0. The van der Waals surface area contributed by atoms with Crippen molar-refractivity contribution in [3.63, 3.8) is 0 Å². The molecule has 0 aliphatic carbocycles. The van der Waals surface area contributed by atoms with Crippen LogP contribution in [0.5, 0.6) is 0 Å². The maximum absolute atomic E-state index is 12.5. The van der Waals surface area contributed by atoms with E-state index in [0.717, 1.165) is 22.6 Å². The number of benzene rings is 2. The van der Waals surface area contributed by atoms with Crippen molar-refractivity contribution < 1.29 is 4.79 Å². The predicted octanol–water partition coefficient (Wildman–Crippen LogP) is 5.85. The van der Waals surface area contributed by atoms with Gasteiger partial charge in [0.15, 0.2) is 4.80 Å². The Balaban J connectivity index is 2.16. The zero-order chi connectivity index (χ0) is 18.7. The van der Waals surface area contributed by atoms with Crippen molar-refractivity contribution in [2.45, 2.75) is 26.8 Å².